The predicted molar refractivity (Wildman–Crippen MR) is 192 cm³/mol. The van der Waals surface area contributed by atoms with Gasteiger partial charge in [-0.15, -0.1) is 0 Å². The van der Waals surface area contributed by atoms with Gasteiger partial charge in [-0.2, -0.15) is 5.10 Å². The van der Waals surface area contributed by atoms with Gasteiger partial charge in [0.2, 0.25) is 0 Å². The van der Waals surface area contributed by atoms with E-state index in [1.807, 2.05) is 63.8 Å². The number of phenols is 1. The number of phenolic OH excluding ortho intramolecular Hbond substituents is 1. The lowest BCUT2D eigenvalue weighted by molar-refractivity contribution is -0.0370. The Morgan fingerprint density at radius 2 is 1.71 bits per heavy atom. The van der Waals surface area contributed by atoms with Crippen LogP contribution < -0.4 is 4.90 Å². The van der Waals surface area contributed by atoms with Crippen molar-refractivity contribution < 1.29 is 24.2 Å². The van der Waals surface area contributed by atoms with Crippen molar-refractivity contribution >= 4 is 40.9 Å². The van der Waals surface area contributed by atoms with Gasteiger partial charge in [0.15, 0.2) is 11.9 Å². The summed E-state index contributed by atoms with van der Waals surface area (Å²) in [4.78, 5) is 38.0. The van der Waals surface area contributed by atoms with Crippen LogP contribution in [0, 0.1) is 6.92 Å². The Balaban J connectivity index is 1.46. The fraction of sp³-hybridized carbons (Fsp3) is 0.421. The third kappa shape index (κ3) is 7.41. The summed E-state index contributed by atoms with van der Waals surface area (Å²) in [6, 6.07) is 14.8. The van der Waals surface area contributed by atoms with Crippen LogP contribution in [0.5, 0.6) is 5.75 Å². The quantitative estimate of drug-likeness (QED) is 0.241. The summed E-state index contributed by atoms with van der Waals surface area (Å²) in [7, 11) is 4.05. The molecule has 6 rings (SSSR count). The number of aromatic hydroxyl groups is 1. The molecule has 4 aromatic rings. The second-order valence-corrected chi connectivity index (χ2v) is 13.9. The highest BCUT2D eigenvalue weighted by Crippen LogP contribution is 2.34. The van der Waals surface area contributed by atoms with Crippen LogP contribution in [0.25, 0.3) is 34.4 Å². The number of anilines is 1. The first-order chi connectivity index (χ1) is 23.4. The van der Waals surface area contributed by atoms with E-state index >= 15 is 0 Å². The van der Waals surface area contributed by atoms with E-state index in [0.29, 0.717) is 60.8 Å². The summed E-state index contributed by atoms with van der Waals surface area (Å²) in [5.41, 5.74) is 5.70. The van der Waals surface area contributed by atoms with Crippen LogP contribution in [0.4, 0.5) is 10.5 Å². The minimum Gasteiger partial charge on any atom is -0.508 e. The topological polar surface area (TPSA) is 113 Å². The summed E-state index contributed by atoms with van der Waals surface area (Å²) >= 11 is 0. The molecule has 49 heavy (non-hydrogen) atoms. The lowest BCUT2D eigenvalue weighted by Crippen LogP contribution is -2.51. The summed E-state index contributed by atoms with van der Waals surface area (Å²) in [5, 5.41) is 15.7. The van der Waals surface area contributed by atoms with Crippen LogP contribution in [0.1, 0.15) is 73.4 Å². The van der Waals surface area contributed by atoms with Crippen LogP contribution in [0.15, 0.2) is 48.5 Å². The van der Waals surface area contributed by atoms with Gasteiger partial charge in [-0.3, -0.25) is 4.79 Å². The van der Waals surface area contributed by atoms with Crippen molar-refractivity contribution in [3.63, 3.8) is 0 Å². The zero-order chi connectivity index (χ0) is 34.9. The molecular weight excluding hydrogens is 620 g/mol. The maximum atomic E-state index is 14.6. The summed E-state index contributed by atoms with van der Waals surface area (Å²) in [6.07, 6.45) is 6.06. The number of fused-ring (bicyclic) bond motifs is 1. The van der Waals surface area contributed by atoms with E-state index in [1.165, 1.54) is 0 Å². The van der Waals surface area contributed by atoms with E-state index in [4.69, 9.17) is 19.6 Å². The van der Waals surface area contributed by atoms with Gasteiger partial charge in [-0.05, 0) is 101 Å². The molecule has 2 amide bonds. The Morgan fingerprint density at radius 1 is 1.00 bits per heavy atom. The Hall–Kier alpha value is -4.90. The fourth-order valence-electron chi connectivity index (χ4n) is 6.41. The molecule has 11 heteroatoms. The molecule has 11 nitrogen and oxygen atoms in total. The summed E-state index contributed by atoms with van der Waals surface area (Å²) < 4.78 is 13.6. The molecule has 0 aliphatic carbocycles. The molecule has 4 heterocycles. The third-order valence-corrected chi connectivity index (χ3v) is 8.98. The molecule has 0 spiro atoms. The number of hydrogen-bond donors (Lipinski definition) is 1. The highest BCUT2D eigenvalue weighted by molar-refractivity contribution is 6.09. The molecule has 1 atom stereocenters. The minimum atomic E-state index is -0.601. The van der Waals surface area contributed by atoms with Crippen LogP contribution in [0.3, 0.4) is 0 Å². The Morgan fingerprint density at radius 3 is 2.37 bits per heavy atom. The van der Waals surface area contributed by atoms with Crippen LogP contribution in [0.2, 0.25) is 0 Å². The first-order valence-electron chi connectivity index (χ1n) is 17.0. The van der Waals surface area contributed by atoms with Crippen LogP contribution >= 0.6 is 0 Å². The molecule has 2 fully saturated rings. The van der Waals surface area contributed by atoms with Gasteiger partial charge in [-0.25, -0.2) is 14.5 Å². The van der Waals surface area contributed by atoms with Crippen molar-refractivity contribution in [3.8, 4) is 17.0 Å². The molecule has 2 aliphatic heterocycles. The molecule has 2 saturated heterocycles. The minimum absolute atomic E-state index is 0.144. The first kappa shape index (κ1) is 34.0. The number of piperazine rings is 1. The molecule has 0 bridgehead atoms. The molecule has 0 saturated carbocycles. The van der Waals surface area contributed by atoms with Crippen molar-refractivity contribution in [2.45, 2.75) is 58.8 Å². The summed E-state index contributed by atoms with van der Waals surface area (Å²) in [5.74, 6) is -0.0218. The normalized spacial score (nSPS) is 17.1. The number of ether oxygens (including phenoxy) is 2. The van der Waals surface area contributed by atoms with Gasteiger partial charge >= 0.3 is 6.09 Å². The number of benzene rings is 2. The molecule has 2 aliphatic rings. The van der Waals surface area contributed by atoms with E-state index in [0.717, 1.165) is 41.6 Å². The van der Waals surface area contributed by atoms with Gasteiger partial charge in [0.1, 0.15) is 11.4 Å². The number of carbonyl (C=O) groups excluding carboxylic acids is 2. The standard InChI is InChI=1S/C38H46N6O5/c1-25-26(10-9-11-32(25)41(5)6)15-18-30-34-29(36(46)42-19-21-43(22-20-42)37(47)49-38(2,3)4)24-31(27-13-16-28(45)17-14-27)39-35(34)44(40-30)33-12-7-8-23-48-33/h9-11,13-18,24,33,45H,7-8,12,19-23H2,1-6H3. The maximum Gasteiger partial charge on any atom is 0.410 e. The monoisotopic (exact) mass is 666 g/mol. The molecule has 1 N–H and O–H groups in total. The van der Waals surface area contributed by atoms with E-state index in [1.54, 1.807) is 34.1 Å². The highest BCUT2D eigenvalue weighted by atomic mass is 16.6. The van der Waals surface area contributed by atoms with Gasteiger partial charge in [0.05, 0.1) is 22.3 Å². The van der Waals surface area contributed by atoms with Gasteiger partial charge in [-0.1, -0.05) is 18.2 Å². The van der Waals surface area contributed by atoms with E-state index in [-0.39, 0.29) is 24.0 Å². The van der Waals surface area contributed by atoms with Crippen molar-refractivity contribution in [1.82, 2.24) is 24.6 Å². The third-order valence-electron chi connectivity index (χ3n) is 8.98. The van der Waals surface area contributed by atoms with Gasteiger partial charge in [0.25, 0.3) is 5.91 Å². The average Bonchev–Trinajstić information content (AvgIpc) is 3.45. The molecule has 2 aromatic heterocycles. The summed E-state index contributed by atoms with van der Waals surface area (Å²) in [6.45, 7) is 9.70. The highest BCUT2D eigenvalue weighted by Gasteiger charge is 2.31. The second-order valence-electron chi connectivity index (χ2n) is 13.9. The van der Waals surface area contributed by atoms with Crippen molar-refractivity contribution in [2.75, 3.05) is 51.8 Å². The fourth-order valence-corrected chi connectivity index (χ4v) is 6.41. The molecule has 1 unspecified atom stereocenters. The van der Waals surface area contributed by atoms with Crippen molar-refractivity contribution in [3.05, 3.63) is 70.9 Å². The molecule has 258 valence electrons. The number of amides is 2. The van der Waals surface area contributed by atoms with Crippen molar-refractivity contribution in [1.29, 1.82) is 0 Å². The molecule has 0 radical (unpaired) electrons. The number of pyridine rings is 1. The van der Waals surface area contributed by atoms with Crippen LogP contribution in [-0.4, -0.2) is 94.2 Å². The zero-order valence-corrected chi connectivity index (χ0v) is 29.3. The number of nitrogens with zero attached hydrogens (tertiary/aromatic N) is 6. The largest absolute Gasteiger partial charge is 0.508 e. The number of hydrogen-bond acceptors (Lipinski definition) is 8. The zero-order valence-electron chi connectivity index (χ0n) is 29.3. The molecular formula is C38H46N6O5. The number of rotatable bonds is 6. The van der Waals surface area contributed by atoms with Crippen molar-refractivity contribution in [2.24, 2.45) is 0 Å². The molecule has 2 aromatic carbocycles. The first-order valence-corrected chi connectivity index (χ1v) is 17.0. The van der Waals surface area contributed by atoms with E-state index in [2.05, 4.69) is 24.0 Å². The number of aromatic nitrogens is 3. The maximum absolute atomic E-state index is 14.6. The second kappa shape index (κ2) is 13.9. The van der Waals surface area contributed by atoms with Gasteiger partial charge < -0.3 is 29.3 Å². The van der Waals surface area contributed by atoms with E-state index < -0.39 is 5.60 Å². The lowest BCUT2D eigenvalue weighted by Gasteiger charge is -2.35. The Kier molecular flexibility index (Phi) is 9.65. The Bertz CT molecular complexity index is 1860. The van der Waals surface area contributed by atoms with Gasteiger partial charge in [0, 0.05) is 58.1 Å². The lowest BCUT2D eigenvalue weighted by atomic mass is 10.0. The number of carbonyl (C=O) groups is 2. The van der Waals surface area contributed by atoms with E-state index in [9.17, 15) is 14.7 Å². The van der Waals surface area contributed by atoms with Crippen LogP contribution in [-0.2, 0) is 9.47 Å². The predicted octanol–water partition coefficient (Wildman–Crippen LogP) is 6.74. The smallest absolute Gasteiger partial charge is 0.410 e. The SMILES string of the molecule is Cc1c(C=Cc2nn(C3CCCCO3)c3nc(-c4ccc(O)cc4)cc(C(=O)N4CCN(C(=O)OC(C)(C)C)CC4)c23)cccc1N(C)C. The Labute approximate surface area is 287 Å². The average molecular weight is 667 g/mol.